The molecule has 0 saturated carbocycles. The Bertz CT molecular complexity index is 67.6. The molecule has 0 nitrogen and oxygen atoms in total. The molecule has 0 heterocycles. The summed E-state index contributed by atoms with van der Waals surface area (Å²) in [5, 5.41) is 0.179. The molecule has 0 bridgehead atoms. The average Bonchev–Trinajstić information content (AvgIpc) is 1.61. The Morgan fingerprint density at radius 2 is 1.33 bits per heavy atom. The number of allylic oxidation sites excluding steroid dienone is 2. The fourth-order valence-electron chi connectivity index (χ4n) is 0.279. The molecule has 0 amide bonds. The van der Waals surface area contributed by atoms with E-state index >= 15 is 0 Å². The minimum absolute atomic E-state index is 0.0895. The highest BCUT2D eigenvalue weighted by atomic mass is 35.5. The number of rotatable bonds is 0. The van der Waals surface area contributed by atoms with Gasteiger partial charge in [-0.3, -0.25) is 0 Å². The van der Waals surface area contributed by atoms with Gasteiger partial charge in [-0.1, -0.05) is 12.2 Å². The standard InChI is InChI=1S/C4H4Cl2/c5-3-1-2-4(3)6/h1-4H/t3-,4-/m0/s1. The molecular formula is C4H4Cl2. The van der Waals surface area contributed by atoms with Crippen molar-refractivity contribution >= 4 is 23.2 Å². The predicted octanol–water partition coefficient (Wildman–Crippen LogP) is 1.77. The Kier molecular flexibility index (Phi) is 1.07. The second kappa shape index (κ2) is 1.43. The lowest BCUT2D eigenvalue weighted by Crippen LogP contribution is -2.17. The molecule has 1 rings (SSSR count). The van der Waals surface area contributed by atoms with Crippen LogP contribution in [-0.4, -0.2) is 10.8 Å². The largest absolute Gasteiger partial charge is 0.117 e. The minimum atomic E-state index is 0.0895. The highest BCUT2D eigenvalue weighted by Gasteiger charge is 2.17. The number of alkyl halides is 2. The normalized spacial score (nSPS) is 42.3. The van der Waals surface area contributed by atoms with Crippen LogP contribution in [0.3, 0.4) is 0 Å². The lowest BCUT2D eigenvalue weighted by atomic mass is 10.1. The van der Waals surface area contributed by atoms with Crippen LogP contribution in [-0.2, 0) is 0 Å². The minimum Gasteiger partial charge on any atom is -0.117 e. The summed E-state index contributed by atoms with van der Waals surface area (Å²) in [7, 11) is 0. The van der Waals surface area contributed by atoms with E-state index in [1.807, 2.05) is 12.2 Å². The molecule has 2 atom stereocenters. The van der Waals surface area contributed by atoms with E-state index in [1.54, 1.807) is 0 Å². The Balaban J connectivity index is 2.45. The molecule has 6 heavy (non-hydrogen) atoms. The maximum Gasteiger partial charge on any atom is 0.0715 e. The highest BCUT2D eigenvalue weighted by Crippen LogP contribution is 2.20. The summed E-state index contributed by atoms with van der Waals surface area (Å²) >= 11 is 11.0. The fraction of sp³-hybridized carbons (Fsp3) is 0.500. The van der Waals surface area contributed by atoms with E-state index in [1.165, 1.54) is 0 Å². The van der Waals surface area contributed by atoms with Crippen LogP contribution in [0.4, 0.5) is 0 Å². The van der Waals surface area contributed by atoms with Crippen molar-refractivity contribution in [2.75, 3.05) is 0 Å². The molecule has 0 saturated heterocycles. The van der Waals surface area contributed by atoms with Gasteiger partial charge in [0.2, 0.25) is 0 Å². The molecule has 0 aromatic carbocycles. The van der Waals surface area contributed by atoms with Crippen molar-refractivity contribution in [3.05, 3.63) is 12.2 Å². The molecule has 0 unspecified atom stereocenters. The molecule has 0 radical (unpaired) electrons. The van der Waals surface area contributed by atoms with Crippen molar-refractivity contribution in [1.29, 1.82) is 0 Å². The van der Waals surface area contributed by atoms with Crippen molar-refractivity contribution in [3.63, 3.8) is 0 Å². The van der Waals surface area contributed by atoms with Crippen LogP contribution in [0.15, 0.2) is 12.2 Å². The van der Waals surface area contributed by atoms with Crippen LogP contribution >= 0.6 is 23.2 Å². The van der Waals surface area contributed by atoms with Gasteiger partial charge in [-0.2, -0.15) is 0 Å². The summed E-state index contributed by atoms with van der Waals surface area (Å²) in [5.41, 5.74) is 0. The number of hydrogen-bond acceptors (Lipinski definition) is 0. The van der Waals surface area contributed by atoms with Gasteiger partial charge in [0.1, 0.15) is 0 Å². The lowest BCUT2D eigenvalue weighted by molar-refractivity contribution is 0.980. The first-order valence-corrected chi connectivity index (χ1v) is 2.64. The van der Waals surface area contributed by atoms with Crippen LogP contribution in [0.25, 0.3) is 0 Å². The van der Waals surface area contributed by atoms with Crippen LogP contribution in [0.5, 0.6) is 0 Å². The summed E-state index contributed by atoms with van der Waals surface area (Å²) in [6.45, 7) is 0. The van der Waals surface area contributed by atoms with E-state index in [-0.39, 0.29) is 10.8 Å². The van der Waals surface area contributed by atoms with Gasteiger partial charge in [-0.15, -0.1) is 23.2 Å². The summed E-state index contributed by atoms with van der Waals surface area (Å²) in [6.07, 6.45) is 3.75. The summed E-state index contributed by atoms with van der Waals surface area (Å²) in [6, 6.07) is 0. The Morgan fingerprint density at radius 3 is 1.33 bits per heavy atom. The van der Waals surface area contributed by atoms with Gasteiger partial charge >= 0.3 is 0 Å². The van der Waals surface area contributed by atoms with Crippen molar-refractivity contribution < 1.29 is 0 Å². The van der Waals surface area contributed by atoms with Gasteiger partial charge in [-0.05, 0) is 0 Å². The third kappa shape index (κ3) is 0.548. The molecule has 34 valence electrons. The molecule has 2 heteroatoms. The summed E-state index contributed by atoms with van der Waals surface area (Å²) < 4.78 is 0. The van der Waals surface area contributed by atoms with Gasteiger partial charge in [0.15, 0.2) is 0 Å². The van der Waals surface area contributed by atoms with E-state index < -0.39 is 0 Å². The Labute approximate surface area is 46.7 Å². The molecule has 1 aliphatic rings. The summed E-state index contributed by atoms with van der Waals surface area (Å²) in [4.78, 5) is 0. The SMILES string of the molecule is Cl[C@H]1C=C[C@@H]1Cl. The lowest BCUT2D eigenvalue weighted by Gasteiger charge is -2.15. The van der Waals surface area contributed by atoms with E-state index in [4.69, 9.17) is 23.2 Å². The van der Waals surface area contributed by atoms with E-state index in [2.05, 4.69) is 0 Å². The molecule has 0 N–H and O–H groups in total. The first-order chi connectivity index (χ1) is 2.80. The molecule has 1 aliphatic carbocycles. The smallest absolute Gasteiger partial charge is 0.0715 e. The molecule has 0 fully saturated rings. The van der Waals surface area contributed by atoms with Gasteiger partial charge in [0.05, 0.1) is 10.8 Å². The zero-order valence-electron chi connectivity index (χ0n) is 3.07. The van der Waals surface area contributed by atoms with E-state index in [0.717, 1.165) is 0 Å². The third-order valence-corrected chi connectivity index (χ3v) is 1.75. The van der Waals surface area contributed by atoms with Gasteiger partial charge in [-0.25, -0.2) is 0 Å². The van der Waals surface area contributed by atoms with Crippen LogP contribution in [0.1, 0.15) is 0 Å². The van der Waals surface area contributed by atoms with E-state index in [0.29, 0.717) is 0 Å². The van der Waals surface area contributed by atoms with Crippen molar-refractivity contribution in [2.24, 2.45) is 0 Å². The Morgan fingerprint density at radius 1 is 1.00 bits per heavy atom. The van der Waals surface area contributed by atoms with Crippen molar-refractivity contribution in [2.45, 2.75) is 10.8 Å². The third-order valence-electron chi connectivity index (χ3n) is 0.783. The topological polar surface area (TPSA) is 0 Å². The number of hydrogen-bond donors (Lipinski definition) is 0. The quantitative estimate of drug-likeness (QED) is 0.340. The molecular weight excluding hydrogens is 119 g/mol. The van der Waals surface area contributed by atoms with Crippen LogP contribution < -0.4 is 0 Å². The second-order valence-electron chi connectivity index (χ2n) is 1.27. The van der Waals surface area contributed by atoms with Crippen molar-refractivity contribution in [1.82, 2.24) is 0 Å². The van der Waals surface area contributed by atoms with Crippen LogP contribution in [0.2, 0.25) is 0 Å². The first kappa shape index (κ1) is 4.48. The van der Waals surface area contributed by atoms with Crippen LogP contribution in [0, 0.1) is 0 Å². The van der Waals surface area contributed by atoms with E-state index in [9.17, 15) is 0 Å². The number of halogens is 2. The average molecular weight is 123 g/mol. The summed E-state index contributed by atoms with van der Waals surface area (Å²) in [5.74, 6) is 0. The molecule has 0 aromatic rings. The van der Waals surface area contributed by atoms with Gasteiger partial charge in [0, 0.05) is 0 Å². The molecule has 0 spiro atoms. The maximum absolute atomic E-state index is 5.48. The van der Waals surface area contributed by atoms with Gasteiger partial charge in [0.25, 0.3) is 0 Å². The van der Waals surface area contributed by atoms with Crippen molar-refractivity contribution in [3.8, 4) is 0 Å². The second-order valence-corrected chi connectivity index (χ2v) is 2.28. The molecule has 0 aliphatic heterocycles. The molecule has 0 aromatic heterocycles. The highest BCUT2D eigenvalue weighted by molar-refractivity contribution is 6.33. The first-order valence-electron chi connectivity index (χ1n) is 1.77. The fourth-order valence-corrected chi connectivity index (χ4v) is 0.615. The predicted molar refractivity (Wildman–Crippen MR) is 28.4 cm³/mol. The zero-order chi connectivity index (χ0) is 4.57. The zero-order valence-corrected chi connectivity index (χ0v) is 4.58. The van der Waals surface area contributed by atoms with Gasteiger partial charge < -0.3 is 0 Å². The monoisotopic (exact) mass is 122 g/mol. The maximum atomic E-state index is 5.48. The Hall–Kier alpha value is 0.320.